The Hall–Kier alpha value is -1.67. The molecular weight excluding hydrogens is 453 g/mol. The number of rotatable bonds is 5. The molecule has 7 heteroatoms. The van der Waals surface area contributed by atoms with E-state index in [1.165, 1.54) is 5.56 Å². The van der Waals surface area contributed by atoms with Gasteiger partial charge in [0.25, 0.3) is 0 Å². The third-order valence-corrected chi connectivity index (χ3v) is 3.99. The molecule has 0 amide bonds. The molecule has 2 aromatic carbocycles. The van der Waals surface area contributed by atoms with E-state index in [2.05, 4.69) is 15.6 Å². The molecule has 0 aliphatic carbocycles. The van der Waals surface area contributed by atoms with Crippen molar-refractivity contribution in [3.05, 3.63) is 58.6 Å². The van der Waals surface area contributed by atoms with Crippen LogP contribution < -0.4 is 20.1 Å². The van der Waals surface area contributed by atoms with Crippen LogP contribution in [0, 0.1) is 0 Å². The first-order valence-electron chi connectivity index (χ1n) is 7.82. The van der Waals surface area contributed by atoms with E-state index in [1.807, 2.05) is 42.5 Å². The second kappa shape index (κ2) is 9.72. The largest absolute Gasteiger partial charge is 0.454 e. The van der Waals surface area contributed by atoms with Crippen molar-refractivity contribution in [2.24, 2.45) is 4.99 Å². The minimum atomic E-state index is 0. The molecule has 5 nitrogen and oxygen atoms in total. The van der Waals surface area contributed by atoms with Crippen LogP contribution in [0.3, 0.4) is 0 Å². The summed E-state index contributed by atoms with van der Waals surface area (Å²) in [7, 11) is 1.76. The van der Waals surface area contributed by atoms with Gasteiger partial charge in [-0.1, -0.05) is 29.8 Å². The van der Waals surface area contributed by atoms with E-state index in [0.29, 0.717) is 13.3 Å². The first-order chi connectivity index (χ1) is 11.7. The molecule has 1 aliphatic heterocycles. The molecule has 0 bridgehead atoms. The number of ether oxygens (including phenoxy) is 2. The van der Waals surface area contributed by atoms with Crippen LogP contribution in [0.1, 0.15) is 11.1 Å². The number of aliphatic imine (C=N–C) groups is 1. The molecule has 0 aromatic heterocycles. The Balaban J connectivity index is 0.00000225. The van der Waals surface area contributed by atoms with Gasteiger partial charge in [-0.25, -0.2) is 0 Å². The molecule has 0 atom stereocenters. The minimum absolute atomic E-state index is 0. The van der Waals surface area contributed by atoms with Crippen LogP contribution in [-0.2, 0) is 13.0 Å². The number of fused-ring (bicyclic) bond motifs is 1. The Labute approximate surface area is 169 Å². The van der Waals surface area contributed by atoms with Crippen molar-refractivity contribution in [3.8, 4) is 11.5 Å². The monoisotopic (exact) mass is 473 g/mol. The fourth-order valence-electron chi connectivity index (χ4n) is 2.43. The van der Waals surface area contributed by atoms with Crippen LogP contribution in [0.25, 0.3) is 0 Å². The predicted octanol–water partition coefficient (Wildman–Crippen LogP) is 3.59. The number of hydrogen-bond donors (Lipinski definition) is 2. The van der Waals surface area contributed by atoms with Gasteiger partial charge in [0.15, 0.2) is 17.5 Å². The molecule has 0 unspecified atom stereocenters. The fraction of sp³-hybridized carbons (Fsp3) is 0.278. The van der Waals surface area contributed by atoms with Crippen LogP contribution in [-0.4, -0.2) is 26.3 Å². The Kier molecular flexibility index (Phi) is 7.64. The fourth-order valence-corrected chi connectivity index (χ4v) is 2.56. The van der Waals surface area contributed by atoms with Crippen LogP contribution >= 0.6 is 35.6 Å². The van der Waals surface area contributed by atoms with Gasteiger partial charge in [-0.2, -0.15) is 0 Å². The normalized spacial score (nSPS) is 12.5. The molecule has 1 aliphatic rings. The number of nitrogens with zero attached hydrogens (tertiary/aromatic N) is 1. The minimum Gasteiger partial charge on any atom is -0.454 e. The summed E-state index contributed by atoms with van der Waals surface area (Å²) in [4.78, 5) is 4.24. The smallest absolute Gasteiger partial charge is 0.231 e. The average Bonchev–Trinajstić information content (AvgIpc) is 3.07. The van der Waals surface area contributed by atoms with Crippen molar-refractivity contribution < 1.29 is 9.47 Å². The van der Waals surface area contributed by atoms with Gasteiger partial charge >= 0.3 is 0 Å². The van der Waals surface area contributed by atoms with Crippen LogP contribution in [0.5, 0.6) is 11.5 Å². The van der Waals surface area contributed by atoms with E-state index in [9.17, 15) is 0 Å². The maximum Gasteiger partial charge on any atom is 0.231 e. The summed E-state index contributed by atoms with van der Waals surface area (Å²) in [5.74, 6) is 2.35. The van der Waals surface area contributed by atoms with Crippen LogP contribution in [0.4, 0.5) is 0 Å². The molecule has 0 spiro atoms. The standard InChI is InChI=1S/C18H20ClN3O2.HI/c1-20-18(21-9-8-13-2-5-15(19)6-3-13)22-11-14-4-7-16-17(10-14)24-12-23-16;/h2-7,10H,8-9,11-12H2,1H3,(H2,20,21,22);1H. The maximum absolute atomic E-state index is 5.89. The van der Waals surface area contributed by atoms with E-state index >= 15 is 0 Å². The summed E-state index contributed by atoms with van der Waals surface area (Å²) in [6, 6.07) is 13.8. The van der Waals surface area contributed by atoms with E-state index in [1.54, 1.807) is 7.05 Å². The first-order valence-corrected chi connectivity index (χ1v) is 8.20. The van der Waals surface area contributed by atoms with Crippen molar-refractivity contribution in [1.29, 1.82) is 0 Å². The van der Waals surface area contributed by atoms with E-state index in [-0.39, 0.29) is 24.0 Å². The molecule has 0 fully saturated rings. The topological polar surface area (TPSA) is 54.9 Å². The van der Waals surface area contributed by atoms with Gasteiger partial charge in [0.1, 0.15) is 0 Å². The molecule has 0 saturated carbocycles. The number of halogens is 2. The van der Waals surface area contributed by atoms with E-state index in [0.717, 1.165) is 41.0 Å². The molecule has 25 heavy (non-hydrogen) atoms. The second-order valence-corrected chi connectivity index (χ2v) is 5.85. The van der Waals surface area contributed by atoms with Gasteiger partial charge in [-0.3, -0.25) is 4.99 Å². The van der Waals surface area contributed by atoms with E-state index < -0.39 is 0 Å². The van der Waals surface area contributed by atoms with Crippen LogP contribution in [0.2, 0.25) is 5.02 Å². The first kappa shape index (κ1) is 19.7. The number of nitrogens with one attached hydrogen (secondary N) is 2. The van der Waals surface area contributed by atoms with Crippen molar-refractivity contribution in [2.45, 2.75) is 13.0 Å². The van der Waals surface area contributed by atoms with Crippen molar-refractivity contribution in [1.82, 2.24) is 10.6 Å². The second-order valence-electron chi connectivity index (χ2n) is 5.42. The van der Waals surface area contributed by atoms with Crippen LogP contribution in [0.15, 0.2) is 47.5 Å². The summed E-state index contributed by atoms with van der Waals surface area (Å²) >= 11 is 5.89. The zero-order valence-electron chi connectivity index (χ0n) is 13.9. The summed E-state index contributed by atoms with van der Waals surface area (Å²) < 4.78 is 10.7. The Morgan fingerprint density at radius 3 is 2.52 bits per heavy atom. The van der Waals surface area contributed by atoms with Crippen molar-refractivity contribution in [3.63, 3.8) is 0 Å². The van der Waals surface area contributed by atoms with Gasteiger partial charge in [-0.05, 0) is 41.8 Å². The average molecular weight is 474 g/mol. The summed E-state index contributed by atoms with van der Waals surface area (Å²) in [6.07, 6.45) is 0.905. The van der Waals surface area contributed by atoms with Gasteiger partial charge in [0.05, 0.1) is 0 Å². The molecule has 0 saturated heterocycles. The highest BCUT2D eigenvalue weighted by molar-refractivity contribution is 14.0. The van der Waals surface area contributed by atoms with E-state index in [4.69, 9.17) is 21.1 Å². The molecule has 2 N–H and O–H groups in total. The quantitative estimate of drug-likeness (QED) is 0.396. The lowest BCUT2D eigenvalue weighted by atomic mass is 10.1. The molecular formula is C18H21ClIN3O2. The highest BCUT2D eigenvalue weighted by Crippen LogP contribution is 2.32. The lowest BCUT2D eigenvalue weighted by Crippen LogP contribution is -2.37. The van der Waals surface area contributed by atoms with Crippen molar-refractivity contribution >= 4 is 41.5 Å². The number of benzene rings is 2. The molecule has 3 rings (SSSR count). The Bertz CT molecular complexity index is 723. The van der Waals surface area contributed by atoms with Crippen molar-refractivity contribution in [2.75, 3.05) is 20.4 Å². The number of hydrogen-bond acceptors (Lipinski definition) is 3. The lowest BCUT2D eigenvalue weighted by molar-refractivity contribution is 0.174. The third-order valence-electron chi connectivity index (χ3n) is 3.74. The number of guanidine groups is 1. The molecule has 0 radical (unpaired) electrons. The summed E-state index contributed by atoms with van der Waals surface area (Å²) in [6.45, 7) is 1.75. The van der Waals surface area contributed by atoms with Gasteiger partial charge in [-0.15, -0.1) is 24.0 Å². The summed E-state index contributed by atoms with van der Waals surface area (Å²) in [5, 5.41) is 7.36. The molecule has 2 aromatic rings. The van der Waals surface area contributed by atoms with Gasteiger partial charge in [0.2, 0.25) is 6.79 Å². The Morgan fingerprint density at radius 2 is 1.76 bits per heavy atom. The predicted molar refractivity (Wildman–Crippen MR) is 111 cm³/mol. The SMILES string of the molecule is CN=C(NCCc1ccc(Cl)cc1)NCc1ccc2c(c1)OCO2.I. The third kappa shape index (κ3) is 5.67. The zero-order valence-corrected chi connectivity index (χ0v) is 17.0. The summed E-state index contributed by atoms with van der Waals surface area (Å²) in [5.41, 5.74) is 2.35. The lowest BCUT2D eigenvalue weighted by Gasteiger charge is -2.12. The Morgan fingerprint density at radius 1 is 1.04 bits per heavy atom. The van der Waals surface area contributed by atoms with Gasteiger partial charge in [0, 0.05) is 25.2 Å². The molecule has 134 valence electrons. The van der Waals surface area contributed by atoms with Gasteiger partial charge < -0.3 is 20.1 Å². The maximum atomic E-state index is 5.89. The molecule has 1 heterocycles. The zero-order chi connectivity index (χ0) is 16.8. The highest BCUT2D eigenvalue weighted by Gasteiger charge is 2.13. The highest BCUT2D eigenvalue weighted by atomic mass is 127.